The number of nitrogens with two attached hydrogens (primary N) is 1. The van der Waals surface area contributed by atoms with Crippen molar-refractivity contribution in [2.75, 3.05) is 6.54 Å². The van der Waals surface area contributed by atoms with Crippen LogP contribution in [0.3, 0.4) is 0 Å². The van der Waals surface area contributed by atoms with E-state index < -0.39 is 11.6 Å². The van der Waals surface area contributed by atoms with Gasteiger partial charge in [-0.25, -0.2) is 8.78 Å². The van der Waals surface area contributed by atoms with E-state index in [0.717, 1.165) is 37.3 Å². The summed E-state index contributed by atoms with van der Waals surface area (Å²) in [6.07, 6.45) is 4.49. The second-order valence-electron chi connectivity index (χ2n) is 5.35. The molecular formula is C15H20F2N2O. The minimum absolute atomic E-state index is 0.103. The fourth-order valence-corrected chi connectivity index (χ4v) is 2.81. The number of primary amides is 1. The molecule has 1 aromatic carbocycles. The number of hydrogen-bond acceptors (Lipinski definition) is 2. The molecule has 3 N–H and O–H groups in total. The van der Waals surface area contributed by atoms with Crippen LogP contribution in [-0.2, 0) is 11.2 Å². The maximum atomic E-state index is 13.1. The van der Waals surface area contributed by atoms with Gasteiger partial charge < -0.3 is 11.1 Å². The maximum absolute atomic E-state index is 13.1. The first kappa shape index (κ1) is 14.9. The van der Waals surface area contributed by atoms with Crippen LogP contribution in [0.15, 0.2) is 18.2 Å². The van der Waals surface area contributed by atoms with Crippen molar-refractivity contribution in [3.63, 3.8) is 0 Å². The monoisotopic (exact) mass is 282 g/mol. The summed E-state index contributed by atoms with van der Waals surface area (Å²) in [7, 11) is 0. The lowest BCUT2D eigenvalue weighted by molar-refractivity contribution is -0.123. The molecule has 1 fully saturated rings. The fraction of sp³-hybridized carbons (Fsp3) is 0.533. The molecule has 0 saturated heterocycles. The highest BCUT2D eigenvalue weighted by atomic mass is 19.2. The van der Waals surface area contributed by atoms with Crippen molar-refractivity contribution in [1.82, 2.24) is 5.32 Å². The van der Waals surface area contributed by atoms with Gasteiger partial charge in [0.15, 0.2) is 11.6 Å². The van der Waals surface area contributed by atoms with E-state index in [1.807, 2.05) is 0 Å². The highest BCUT2D eigenvalue weighted by molar-refractivity contribution is 5.77. The zero-order valence-corrected chi connectivity index (χ0v) is 11.4. The predicted octanol–water partition coefficient (Wildman–Crippen LogP) is 2.14. The second kappa shape index (κ2) is 6.79. The van der Waals surface area contributed by atoms with Crippen LogP contribution in [0.5, 0.6) is 0 Å². The molecule has 0 radical (unpaired) electrons. The fourth-order valence-electron chi connectivity index (χ4n) is 2.81. The molecule has 2 rings (SSSR count). The van der Waals surface area contributed by atoms with Crippen molar-refractivity contribution in [2.45, 2.75) is 38.1 Å². The van der Waals surface area contributed by atoms with Gasteiger partial charge in [0, 0.05) is 6.04 Å². The number of carbonyl (C=O) groups is 1. The Labute approximate surface area is 117 Å². The molecule has 1 amide bonds. The van der Waals surface area contributed by atoms with E-state index in [0.29, 0.717) is 13.0 Å². The highest BCUT2D eigenvalue weighted by Gasteiger charge is 2.28. The van der Waals surface area contributed by atoms with E-state index in [1.54, 1.807) is 6.07 Å². The van der Waals surface area contributed by atoms with Gasteiger partial charge in [0.05, 0.1) is 5.92 Å². The molecule has 5 heteroatoms. The standard InChI is InChI=1S/C15H20F2N2O/c16-12-6-5-10(9-13(12)17)7-8-19-14-4-2-1-3-11(14)15(18)20/h5-6,9,11,14,19H,1-4,7-8H2,(H2,18,20)/t11-,14-/m1/s1. The van der Waals surface area contributed by atoms with Gasteiger partial charge in [-0.05, 0) is 43.5 Å². The van der Waals surface area contributed by atoms with Crippen LogP contribution < -0.4 is 11.1 Å². The molecule has 1 aliphatic rings. The van der Waals surface area contributed by atoms with Crippen LogP contribution in [0.4, 0.5) is 8.78 Å². The van der Waals surface area contributed by atoms with Crippen molar-refractivity contribution < 1.29 is 13.6 Å². The van der Waals surface area contributed by atoms with E-state index in [1.165, 1.54) is 6.07 Å². The zero-order valence-electron chi connectivity index (χ0n) is 11.4. The molecule has 20 heavy (non-hydrogen) atoms. The first-order valence-electron chi connectivity index (χ1n) is 7.04. The van der Waals surface area contributed by atoms with Crippen molar-refractivity contribution in [1.29, 1.82) is 0 Å². The maximum Gasteiger partial charge on any atom is 0.222 e. The summed E-state index contributed by atoms with van der Waals surface area (Å²) in [6, 6.07) is 4.03. The summed E-state index contributed by atoms with van der Waals surface area (Å²) >= 11 is 0. The average molecular weight is 282 g/mol. The molecule has 0 unspecified atom stereocenters. The largest absolute Gasteiger partial charge is 0.369 e. The summed E-state index contributed by atoms with van der Waals surface area (Å²) < 4.78 is 25.9. The van der Waals surface area contributed by atoms with Gasteiger partial charge in [-0.3, -0.25) is 4.79 Å². The van der Waals surface area contributed by atoms with Crippen LogP contribution in [0.2, 0.25) is 0 Å². The van der Waals surface area contributed by atoms with Gasteiger partial charge >= 0.3 is 0 Å². The molecule has 0 heterocycles. The van der Waals surface area contributed by atoms with Crippen LogP contribution in [0.25, 0.3) is 0 Å². The van der Waals surface area contributed by atoms with Crippen LogP contribution in [-0.4, -0.2) is 18.5 Å². The summed E-state index contributed by atoms with van der Waals surface area (Å²) in [5, 5.41) is 3.32. The molecule has 110 valence electrons. The molecule has 3 nitrogen and oxygen atoms in total. The molecule has 1 saturated carbocycles. The number of benzene rings is 1. The first-order chi connectivity index (χ1) is 9.58. The van der Waals surface area contributed by atoms with E-state index in [9.17, 15) is 13.6 Å². The Kier molecular flexibility index (Phi) is 5.06. The SMILES string of the molecule is NC(=O)[C@@H]1CCCC[C@H]1NCCc1ccc(F)c(F)c1. The van der Waals surface area contributed by atoms with Crippen LogP contribution in [0.1, 0.15) is 31.2 Å². The quantitative estimate of drug-likeness (QED) is 0.869. The number of amides is 1. The van der Waals surface area contributed by atoms with Crippen molar-refractivity contribution in [3.8, 4) is 0 Å². The Bertz CT molecular complexity index is 479. The Balaban J connectivity index is 1.85. The lowest BCUT2D eigenvalue weighted by Crippen LogP contribution is -2.45. The lowest BCUT2D eigenvalue weighted by Gasteiger charge is -2.30. The summed E-state index contributed by atoms with van der Waals surface area (Å²) in [6.45, 7) is 0.625. The molecular weight excluding hydrogens is 262 g/mol. The molecule has 0 aliphatic heterocycles. The van der Waals surface area contributed by atoms with Gasteiger partial charge in [-0.15, -0.1) is 0 Å². The van der Waals surface area contributed by atoms with Gasteiger partial charge in [0.25, 0.3) is 0 Å². The van der Waals surface area contributed by atoms with Crippen LogP contribution in [0, 0.1) is 17.6 Å². The third kappa shape index (κ3) is 3.76. The van der Waals surface area contributed by atoms with Gasteiger partial charge in [-0.2, -0.15) is 0 Å². The molecule has 1 aliphatic carbocycles. The molecule has 0 bridgehead atoms. The molecule has 0 aromatic heterocycles. The second-order valence-corrected chi connectivity index (χ2v) is 5.35. The normalized spacial score (nSPS) is 22.7. The topological polar surface area (TPSA) is 55.1 Å². The van der Waals surface area contributed by atoms with Gasteiger partial charge in [0.2, 0.25) is 5.91 Å². The summed E-state index contributed by atoms with van der Waals surface area (Å²) in [4.78, 5) is 11.4. The van der Waals surface area contributed by atoms with Crippen molar-refractivity contribution in [2.24, 2.45) is 11.7 Å². The van der Waals surface area contributed by atoms with E-state index in [4.69, 9.17) is 5.73 Å². The van der Waals surface area contributed by atoms with Crippen molar-refractivity contribution in [3.05, 3.63) is 35.4 Å². The minimum atomic E-state index is -0.831. The lowest BCUT2D eigenvalue weighted by atomic mass is 9.84. The van der Waals surface area contributed by atoms with Crippen molar-refractivity contribution >= 4 is 5.91 Å². The van der Waals surface area contributed by atoms with E-state index >= 15 is 0 Å². The molecule has 2 atom stereocenters. The average Bonchev–Trinajstić information content (AvgIpc) is 2.43. The number of halogens is 2. The Morgan fingerprint density at radius 1 is 1.25 bits per heavy atom. The smallest absolute Gasteiger partial charge is 0.222 e. The Morgan fingerprint density at radius 2 is 2.00 bits per heavy atom. The summed E-state index contributed by atoms with van der Waals surface area (Å²) in [5.41, 5.74) is 6.15. The molecule has 1 aromatic rings. The minimum Gasteiger partial charge on any atom is -0.369 e. The predicted molar refractivity (Wildman–Crippen MR) is 73.0 cm³/mol. The zero-order chi connectivity index (χ0) is 14.5. The third-order valence-corrected chi connectivity index (χ3v) is 3.94. The Morgan fingerprint density at radius 3 is 2.70 bits per heavy atom. The van der Waals surface area contributed by atoms with E-state index in [2.05, 4.69) is 5.32 Å². The van der Waals surface area contributed by atoms with Gasteiger partial charge in [0.1, 0.15) is 0 Å². The third-order valence-electron chi connectivity index (χ3n) is 3.94. The first-order valence-corrected chi connectivity index (χ1v) is 7.04. The Hall–Kier alpha value is -1.49. The summed E-state index contributed by atoms with van der Waals surface area (Å²) in [5.74, 6) is -2.03. The number of rotatable bonds is 5. The van der Waals surface area contributed by atoms with Crippen LogP contribution >= 0.6 is 0 Å². The molecule has 0 spiro atoms. The highest BCUT2D eigenvalue weighted by Crippen LogP contribution is 2.24. The van der Waals surface area contributed by atoms with E-state index in [-0.39, 0.29) is 17.9 Å². The number of carbonyl (C=O) groups excluding carboxylic acids is 1. The number of hydrogen-bond donors (Lipinski definition) is 2. The number of nitrogens with one attached hydrogen (secondary N) is 1. The van der Waals surface area contributed by atoms with Gasteiger partial charge in [-0.1, -0.05) is 18.9 Å².